The topological polar surface area (TPSA) is 55.6 Å². The first-order chi connectivity index (χ1) is 7.34. The molecular formula is C10H13N5. The second kappa shape index (κ2) is 4.65. The third-order valence-electron chi connectivity index (χ3n) is 1.99. The predicted molar refractivity (Wildman–Crippen MR) is 55.8 cm³/mol. The Hall–Kier alpha value is -1.75. The van der Waals surface area contributed by atoms with Gasteiger partial charge in [-0.2, -0.15) is 0 Å². The Labute approximate surface area is 88.1 Å². The second-order valence-electron chi connectivity index (χ2n) is 3.31. The molecule has 0 bridgehead atoms. The fourth-order valence-corrected chi connectivity index (χ4v) is 1.30. The van der Waals surface area contributed by atoms with Gasteiger partial charge in [0.2, 0.25) is 0 Å². The number of rotatable bonds is 4. The van der Waals surface area contributed by atoms with E-state index in [1.54, 1.807) is 10.9 Å². The quantitative estimate of drug-likeness (QED) is 0.786. The number of pyridine rings is 1. The first-order valence-electron chi connectivity index (χ1n) is 4.80. The molecule has 0 saturated carbocycles. The Morgan fingerprint density at radius 1 is 1.27 bits per heavy atom. The summed E-state index contributed by atoms with van der Waals surface area (Å²) in [6, 6.07) is 5.88. The summed E-state index contributed by atoms with van der Waals surface area (Å²) in [5, 5.41) is 11.1. The van der Waals surface area contributed by atoms with Crippen molar-refractivity contribution >= 4 is 0 Å². The van der Waals surface area contributed by atoms with Gasteiger partial charge in [-0.05, 0) is 12.1 Å². The molecule has 0 unspecified atom stereocenters. The number of nitrogens with one attached hydrogen (secondary N) is 1. The Morgan fingerprint density at radius 2 is 2.13 bits per heavy atom. The van der Waals surface area contributed by atoms with Gasteiger partial charge >= 0.3 is 0 Å². The van der Waals surface area contributed by atoms with Crippen molar-refractivity contribution in [2.75, 3.05) is 0 Å². The SMILES string of the molecule is Cn1cc(CNCc2ccccn2)nn1. The lowest BCUT2D eigenvalue weighted by Gasteiger charge is -2.00. The predicted octanol–water partition coefficient (Wildman–Crippen LogP) is 0.500. The highest BCUT2D eigenvalue weighted by Crippen LogP contribution is 1.94. The summed E-state index contributed by atoms with van der Waals surface area (Å²) in [6.45, 7) is 1.46. The first-order valence-corrected chi connectivity index (χ1v) is 4.80. The third kappa shape index (κ3) is 2.85. The molecule has 0 aliphatic heterocycles. The summed E-state index contributed by atoms with van der Waals surface area (Å²) in [4.78, 5) is 4.21. The summed E-state index contributed by atoms with van der Waals surface area (Å²) in [7, 11) is 1.86. The molecule has 2 aromatic heterocycles. The van der Waals surface area contributed by atoms with Crippen LogP contribution in [0.15, 0.2) is 30.6 Å². The van der Waals surface area contributed by atoms with Gasteiger partial charge in [-0.15, -0.1) is 5.10 Å². The van der Waals surface area contributed by atoms with E-state index in [4.69, 9.17) is 0 Å². The van der Waals surface area contributed by atoms with E-state index in [0.29, 0.717) is 6.54 Å². The molecule has 0 aliphatic carbocycles. The molecular weight excluding hydrogens is 190 g/mol. The van der Waals surface area contributed by atoms with Crippen LogP contribution in [0.5, 0.6) is 0 Å². The fourth-order valence-electron chi connectivity index (χ4n) is 1.30. The molecule has 5 heteroatoms. The summed E-state index contributed by atoms with van der Waals surface area (Å²) in [5.74, 6) is 0. The first kappa shape index (κ1) is 9.79. The van der Waals surface area contributed by atoms with Crippen molar-refractivity contribution in [2.45, 2.75) is 13.1 Å². The van der Waals surface area contributed by atoms with Crippen LogP contribution in [0.3, 0.4) is 0 Å². The summed E-state index contributed by atoms with van der Waals surface area (Å²) >= 11 is 0. The molecule has 2 heterocycles. The van der Waals surface area contributed by atoms with Crippen LogP contribution in [0.25, 0.3) is 0 Å². The summed E-state index contributed by atoms with van der Waals surface area (Å²) in [6.07, 6.45) is 3.69. The van der Waals surface area contributed by atoms with Crippen LogP contribution in [0.2, 0.25) is 0 Å². The molecule has 2 rings (SSSR count). The Balaban J connectivity index is 1.80. The van der Waals surface area contributed by atoms with Gasteiger partial charge in [0.25, 0.3) is 0 Å². The number of aryl methyl sites for hydroxylation is 1. The largest absolute Gasteiger partial charge is 0.305 e. The molecule has 5 nitrogen and oxygen atoms in total. The highest BCUT2D eigenvalue weighted by molar-refractivity contribution is 5.03. The highest BCUT2D eigenvalue weighted by Gasteiger charge is 1.97. The van der Waals surface area contributed by atoms with Crippen LogP contribution in [0, 0.1) is 0 Å². The van der Waals surface area contributed by atoms with Gasteiger partial charge in [0.15, 0.2) is 0 Å². The van der Waals surface area contributed by atoms with Crippen LogP contribution in [-0.4, -0.2) is 20.0 Å². The van der Waals surface area contributed by atoms with Gasteiger partial charge in [0, 0.05) is 32.5 Å². The van der Waals surface area contributed by atoms with Crippen molar-refractivity contribution < 1.29 is 0 Å². The second-order valence-corrected chi connectivity index (χ2v) is 3.31. The Morgan fingerprint density at radius 3 is 2.80 bits per heavy atom. The minimum Gasteiger partial charge on any atom is -0.305 e. The summed E-state index contributed by atoms with van der Waals surface area (Å²) in [5.41, 5.74) is 1.97. The van der Waals surface area contributed by atoms with E-state index in [-0.39, 0.29) is 0 Å². The van der Waals surface area contributed by atoms with E-state index in [0.717, 1.165) is 17.9 Å². The average Bonchev–Trinajstić information content (AvgIpc) is 2.66. The van der Waals surface area contributed by atoms with Gasteiger partial charge in [-0.3, -0.25) is 9.67 Å². The zero-order valence-corrected chi connectivity index (χ0v) is 8.59. The number of hydrogen-bond donors (Lipinski definition) is 1. The molecule has 0 spiro atoms. The maximum absolute atomic E-state index is 4.21. The summed E-state index contributed by atoms with van der Waals surface area (Å²) < 4.78 is 1.69. The number of nitrogens with zero attached hydrogens (tertiary/aromatic N) is 4. The van der Waals surface area contributed by atoms with E-state index in [9.17, 15) is 0 Å². The van der Waals surface area contributed by atoms with E-state index < -0.39 is 0 Å². The zero-order chi connectivity index (χ0) is 10.5. The van der Waals surface area contributed by atoms with Crippen molar-refractivity contribution in [1.82, 2.24) is 25.3 Å². The number of aromatic nitrogens is 4. The lowest BCUT2D eigenvalue weighted by atomic mass is 10.3. The van der Waals surface area contributed by atoms with Gasteiger partial charge in [0.05, 0.1) is 11.4 Å². The van der Waals surface area contributed by atoms with Crippen LogP contribution in [0.1, 0.15) is 11.4 Å². The van der Waals surface area contributed by atoms with Crippen LogP contribution < -0.4 is 5.32 Å². The van der Waals surface area contributed by atoms with Crippen molar-refractivity contribution in [3.8, 4) is 0 Å². The lowest BCUT2D eigenvalue weighted by molar-refractivity contribution is 0.663. The molecule has 0 amide bonds. The standard InChI is InChI=1S/C10H13N5/c1-15-8-10(13-14-15)7-11-6-9-4-2-3-5-12-9/h2-5,8,11H,6-7H2,1H3. The average molecular weight is 203 g/mol. The Bertz CT molecular complexity index is 409. The molecule has 0 radical (unpaired) electrons. The fraction of sp³-hybridized carbons (Fsp3) is 0.300. The van der Waals surface area contributed by atoms with E-state index >= 15 is 0 Å². The van der Waals surface area contributed by atoms with Crippen LogP contribution >= 0.6 is 0 Å². The molecule has 1 N–H and O–H groups in total. The van der Waals surface area contributed by atoms with E-state index in [2.05, 4.69) is 20.6 Å². The minimum absolute atomic E-state index is 0.713. The van der Waals surface area contributed by atoms with Crippen LogP contribution in [0.4, 0.5) is 0 Å². The number of hydrogen-bond acceptors (Lipinski definition) is 4. The molecule has 0 aromatic carbocycles. The molecule has 78 valence electrons. The normalized spacial score (nSPS) is 10.5. The van der Waals surface area contributed by atoms with Crippen molar-refractivity contribution in [2.24, 2.45) is 7.05 Å². The molecule has 15 heavy (non-hydrogen) atoms. The zero-order valence-electron chi connectivity index (χ0n) is 8.59. The third-order valence-corrected chi connectivity index (χ3v) is 1.99. The highest BCUT2D eigenvalue weighted by atomic mass is 15.4. The Kier molecular flexibility index (Phi) is 3.04. The van der Waals surface area contributed by atoms with Gasteiger partial charge in [-0.25, -0.2) is 0 Å². The lowest BCUT2D eigenvalue weighted by Crippen LogP contribution is -2.13. The molecule has 0 fully saturated rings. The van der Waals surface area contributed by atoms with Gasteiger partial charge in [0.1, 0.15) is 0 Å². The van der Waals surface area contributed by atoms with Crippen molar-refractivity contribution in [1.29, 1.82) is 0 Å². The van der Waals surface area contributed by atoms with Crippen molar-refractivity contribution in [3.63, 3.8) is 0 Å². The van der Waals surface area contributed by atoms with Gasteiger partial charge < -0.3 is 5.32 Å². The minimum atomic E-state index is 0.713. The van der Waals surface area contributed by atoms with E-state index in [1.807, 2.05) is 31.4 Å². The molecule has 0 atom stereocenters. The maximum atomic E-state index is 4.21. The monoisotopic (exact) mass is 203 g/mol. The van der Waals surface area contributed by atoms with Gasteiger partial charge in [-0.1, -0.05) is 11.3 Å². The maximum Gasteiger partial charge on any atom is 0.0964 e. The molecule has 2 aromatic rings. The molecule has 0 aliphatic rings. The van der Waals surface area contributed by atoms with Crippen LogP contribution in [-0.2, 0) is 20.1 Å². The smallest absolute Gasteiger partial charge is 0.0964 e. The molecule has 0 saturated heterocycles. The van der Waals surface area contributed by atoms with E-state index in [1.165, 1.54) is 0 Å². The van der Waals surface area contributed by atoms with Crippen molar-refractivity contribution in [3.05, 3.63) is 42.0 Å².